The summed E-state index contributed by atoms with van der Waals surface area (Å²) < 4.78 is 2.16. The number of aryl methyl sites for hydroxylation is 2. The largest absolute Gasteiger partial charge is 0.336 e. The second-order valence-electron chi connectivity index (χ2n) is 7.02. The molecule has 1 unspecified atom stereocenters. The van der Waals surface area contributed by atoms with E-state index < -0.39 is 0 Å². The molecular formula is C22H24Cl2N2S. The molecule has 3 rings (SSSR count). The first kappa shape index (κ1) is 20.3. The summed E-state index contributed by atoms with van der Waals surface area (Å²) in [6.07, 6.45) is 8.69. The summed E-state index contributed by atoms with van der Waals surface area (Å²) in [5.74, 6) is 0. The van der Waals surface area contributed by atoms with Crippen LogP contribution in [0, 0.1) is 0 Å². The van der Waals surface area contributed by atoms with Crippen molar-refractivity contribution in [3.63, 3.8) is 0 Å². The van der Waals surface area contributed by atoms with Crippen molar-refractivity contribution in [1.29, 1.82) is 0 Å². The van der Waals surface area contributed by atoms with Crippen LogP contribution in [0.5, 0.6) is 0 Å². The summed E-state index contributed by atoms with van der Waals surface area (Å²) in [6, 6.07) is 14.7. The zero-order valence-corrected chi connectivity index (χ0v) is 18.0. The van der Waals surface area contributed by atoms with Crippen LogP contribution in [-0.4, -0.2) is 14.3 Å². The highest BCUT2D eigenvalue weighted by molar-refractivity contribution is 8.00. The molecule has 3 aromatic rings. The molecule has 0 spiro atoms. The van der Waals surface area contributed by atoms with Crippen LogP contribution in [0.25, 0.3) is 0 Å². The van der Waals surface area contributed by atoms with Gasteiger partial charge in [-0.2, -0.15) is 0 Å². The summed E-state index contributed by atoms with van der Waals surface area (Å²) in [5, 5.41) is 1.42. The normalized spacial score (nSPS) is 13.5. The highest BCUT2D eigenvalue weighted by Gasteiger charge is 2.26. The fourth-order valence-corrected chi connectivity index (χ4v) is 4.89. The number of hydrogen-bond donors (Lipinski definition) is 0. The monoisotopic (exact) mass is 418 g/mol. The number of thioether (sulfide) groups is 1. The van der Waals surface area contributed by atoms with Gasteiger partial charge in [-0.3, -0.25) is 0 Å². The summed E-state index contributed by atoms with van der Waals surface area (Å²) in [7, 11) is 0. The van der Waals surface area contributed by atoms with Crippen LogP contribution in [-0.2, 0) is 19.4 Å². The van der Waals surface area contributed by atoms with E-state index in [4.69, 9.17) is 23.2 Å². The fourth-order valence-electron chi connectivity index (χ4n) is 3.13. The Kier molecular flexibility index (Phi) is 6.91. The third-order valence-electron chi connectivity index (χ3n) is 4.71. The summed E-state index contributed by atoms with van der Waals surface area (Å²) >= 11 is 14.3. The van der Waals surface area contributed by atoms with Crippen LogP contribution in [0.3, 0.4) is 0 Å². The number of benzene rings is 2. The summed E-state index contributed by atoms with van der Waals surface area (Å²) in [4.78, 5) is 5.49. The van der Waals surface area contributed by atoms with Gasteiger partial charge in [-0.25, -0.2) is 4.98 Å². The van der Waals surface area contributed by atoms with Gasteiger partial charge in [-0.15, -0.1) is 11.8 Å². The number of nitrogens with zero attached hydrogens (tertiary/aromatic N) is 2. The van der Waals surface area contributed by atoms with E-state index in [2.05, 4.69) is 47.7 Å². The van der Waals surface area contributed by atoms with Gasteiger partial charge in [-0.1, -0.05) is 48.3 Å². The third-order valence-corrected chi connectivity index (χ3v) is 6.63. The van der Waals surface area contributed by atoms with Gasteiger partial charge in [0.15, 0.2) is 0 Å². The van der Waals surface area contributed by atoms with E-state index in [1.54, 1.807) is 0 Å². The van der Waals surface area contributed by atoms with Gasteiger partial charge < -0.3 is 4.57 Å². The van der Waals surface area contributed by atoms with E-state index in [0.717, 1.165) is 36.4 Å². The Balaban J connectivity index is 1.78. The maximum Gasteiger partial charge on any atom is 0.0946 e. The second kappa shape index (κ2) is 9.18. The van der Waals surface area contributed by atoms with E-state index >= 15 is 0 Å². The third kappa shape index (κ3) is 5.78. The van der Waals surface area contributed by atoms with Gasteiger partial charge >= 0.3 is 0 Å². The van der Waals surface area contributed by atoms with Crippen LogP contribution in [0.2, 0.25) is 10.0 Å². The number of aromatic nitrogens is 2. The molecule has 0 aliphatic rings. The number of hydrogen-bond acceptors (Lipinski definition) is 2. The Morgan fingerprint density at radius 1 is 1.11 bits per heavy atom. The van der Waals surface area contributed by atoms with Crippen LogP contribution in [0.1, 0.15) is 31.4 Å². The quantitative estimate of drug-likeness (QED) is 0.368. The predicted octanol–water partition coefficient (Wildman–Crippen LogP) is 6.94. The zero-order valence-electron chi connectivity index (χ0n) is 15.7. The lowest BCUT2D eigenvalue weighted by Gasteiger charge is -2.30. The molecule has 5 heteroatoms. The average molecular weight is 419 g/mol. The standard InChI is InChI=1S/C22H24Cl2N2S/c1-3-17-4-8-20(9-5-17)27-22(2,15-26-13-12-25-16-26)11-10-18-6-7-19(23)14-21(18)24/h4-9,12-14,16H,3,10-11,15H2,1-2H3. The van der Waals surface area contributed by atoms with Crippen LogP contribution in [0.15, 0.2) is 66.1 Å². The lowest BCUT2D eigenvalue weighted by atomic mass is 10.00. The predicted molar refractivity (Wildman–Crippen MR) is 117 cm³/mol. The van der Waals surface area contributed by atoms with Crippen molar-refractivity contribution >= 4 is 35.0 Å². The van der Waals surface area contributed by atoms with Crippen molar-refractivity contribution in [1.82, 2.24) is 9.55 Å². The average Bonchev–Trinajstić information content (AvgIpc) is 3.14. The number of imidazole rings is 1. The molecule has 0 radical (unpaired) electrons. The minimum absolute atomic E-state index is 0.0113. The summed E-state index contributed by atoms with van der Waals surface area (Å²) in [6.45, 7) is 5.38. The first-order valence-electron chi connectivity index (χ1n) is 9.15. The molecule has 142 valence electrons. The Morgan fingerprint density at radius 3 is 2.52 bits per heavy atom. The van der Waals surface area contributed by atoms with E-state index in [9.17, 15) is 0 Å². The van der Waals surface area contributed by atoms with Crippen LogP contribution >= 0.6 is 35.0 Å². The Morgan fingerprint density at radius 2 is 1.89 bits per heavy atom. The smallest absolute Gasteiger partial charge is 0.0946 e. The summed E-state index contributed by atoms with van der Waals surface area (Å²) in [5.41, 5.74) is 2.50. The minimum atomic E-state index is 0.0113. The van der Waals surface area contributed by atoms with Gasteiger partial charge in [0.25, 0.3) is 0 Å². The topological polar surface area (TPSA) is 17.8 Å². The minimum Gasteiger partial charge on any atom is -0.336 e. The van der Waals surface area contributed by atoms with Gasteiger partial charge in [0.2, 0.25) is 0 Å². The molecule has 0 aliphatic heterocycles. The molecule has 1 heterocycles. The SMILES string of the molecule is CCc1ccc(SC(C)(CCc2ccc(Cl)cc2Cl)Cn2ccnc2)cc1. The van der Waals surface area contributed by atoms with Crippen molar-refractivity contribution in [3.8, 4) is 0 Å². The molecule has 0 saturated heterocycles. The molecule has 27 heavy (non-hydrogen) atoms. The Labute approximate surface area is 175 Å². The van der Waals surface area contributed by atoms with Gasteiger partial charge in [0, 0.05) is 38.6 Å². The van der Waals surface area contributed by atoms with Gasteiger partial charge in [0.1, 0.15) is 0 Å². The first-order chi connectivity index (χ1) is 13.0. The van der Waals surface area contributed by atoms with Gasteiger partial charge in [-0.05, 0) is 61.6 Å². The molecule has 0 fully saturated rings. The molecule has 2 aromatic carbocycles. The molecule has 1 aromatic heterocycles. The van der Waals surface area contributed by atoms with Gasteiger partial charge in [0.05, 0.1) is 6.33 Å². The highest BCUT2D eigenvalue weighted by atomic mass is 35.5. The van der Waals surface area contributed by atoms with Crippen molar-refractivity contribution in [2.45, 2.75) is 49.3 Å². The Hall–Kier alpha value is -1.42. The second-order valence-corrected chi connectivity index (χ2v) is 9.52. The molecule has 0 amide bonds. The molecule has 1 atom stereocenters. The molecule has 0 saturated carbocycles. The van der Waals surface area contributed by atoms with Crippen molar-refractivity contribution in [3.05, 3.63) is 82.4 Å². The van der Waals surface area contributed by atoms with E-state index in [0.29, 0.717) is 5.02 Å². The zero-order chi connectivity index (χ0) is 19.3. The molecule has 0 aliphatic carbocycles. The first-order valence-corrected chi connectivity index (χ1v) is 10.7. The van der Waals surface area contributed by atoms with E-state index in [-0.39, 0.29) is 4.75 Å². The van der Waals surface area contributed by atoms with Crippen LogP contribution in [0.4, 0.5) is 0 Å². The van der Waals surface area contributed by atoms with E-state index in [1.807, 2.05) is 48.7 Å². The maximum absolute atomic E-state index is 6.39. The molecule has 2 nitrogen and oxygen atoms in total. The molecular weight excluding hydrogens is 395 g/mol. The van der Waals surface area contributed by atoms with Crippen molar-refractivity contribution in [2.24, 2.45) is 0 Å². The number of rotatable bonds is 8. The Bertz CT molecular complexity index is 863. The lowest BCUT2D eigenvalue weighted by Crippen LogP contribution is -2.27. The molecule has 0 bridgehead atoms. The van der Waals surface area contributed by atoms with E-state index in [1.165, 1.54) is 10.5 Å². The highest BCUT2D eigenvalue weighted by Crippen LogP contribution is 2.38. The van der Waals surface area contributed by atoms with Crippen LogP contribution < -0.4 is 0 Å². The van der Waals surface area contributed by atoms with Crippen molar-refractivity contribution in [2.75, 3.05) is 0 Å². The number of halogens is 2. The maximum atomic E-state index is 6.39. The molecule has 0 N–H and O–H groups in total. The fraction of sp³-hybridized carbons (Fsp3) is 0.318. The van der Waals surface area contributed by atoms with Crippen molar-refractivity contribution < 1.29 is 0 Å². The lowest BCUT2D eigenvalue weighted by molar-refractivity contribution is 0.495.